The number of aryl methyl sites for hydroxylation is 1. The highest BCUT2D eigenvalue weighted by molar-refractivity contribution is 7.13. The first-order valence-corrected chi connectivity index (χ1v) is 9.58. The third kappa shape index (κ3) is 4.51. The van der Waals surface area contributed by atoms with Crippen LogP contribution in [0.25, 0.3) is 0 Å². The summed E-state index contributed by atoms with van der Waals surface area (Å²) >= 11 is 1.42. The lowest BCUT2D eigenvalue weighted by atomic mass is 10.2. The van der Waals surface area contributed by atoms with E-state index in [2.05, 4.69) is 15.6 Å². The van der Waals surface area contributed by atoms with Crippen LogP contribution in [0.15, 0.2) is 29.6 Å². The van der Waals surface area contributed by atoms with Crippen molar-refractivity contribution in [1.82, 2.24) is 10.3 Å². The van der Waals surface area contributed by atoms with Crippen LogP contribution >= 0.6 is 11.3 Å². The zero-order valence-corrected chi connectivity index (χ0v) is 15.5. The van der Waals surface area contributed by atoms with E-state index < -0.39 is 0 Å². The second-order valence-corrected chi connectivity index (χ2v) is 7.25. The van der Waals surface area contributed by atoms with E-state index in [0.29, 0.717) is 23.8 Å². The number of hydrogen-bond acceptors (Lipinski definition) is 5. The highest BCUT2D eigenvalue weighted by Crippen LogP contribution is 2.28. The minimum absolute atomic E-state index is 0.127. The number of thiazole rings is 1. The van der Waals surface area contributed by atoms with E-state index in [1.807, 2.05) is 36.6 Å². The number of nitrogens with zero attached hydrogens (tertiary/aromatic N) is 2. The quantitative estimate of drug-likeness (QED) is 0.678. The number of carbonyl (C=O) groups excluding carboxylic acids is 2. The van der Waals surface area contributed by atoms with E-state index >= 15 is 0 Å². The van der Waals surface area contributed by atoms with Crippen molar-refractivity contribution in [3.8, 4) is 0 Å². The molecule has 0 bridgehead atoms. The predicted molar refractivity (Wildman–Crippen MR) is 104 cm³/mol. The van der Waals surface area contributed by atoms with Crippen LogP contribution in [0.4, 0.5) is 21.3 Å². The van der Waals surface area contributed by atoms with Crippen LogP contribution in [0.1, 0.15) is 31.9 Å². The Morgan fingerprint density at radius 1 is 1.46 bits per heavy atom. The summed E-state index contributed by atoms with van der Waals surface area (Å²) in [4.78, 5) is 30.1. The molecular formula is C18H23N5O2S. The standard InChI is InChI=1S/C18H23N5O2S/c1-12-7-8-16(24)23(12)15-6-2-4-13(10-15)22-18(25)20-9-3-5-14-11-26-17(19)21-14/h2,4,6,10-12H,3,5,7-9H2,1H3,(H2,19,21)(H2,20,22,25)/t12-/m1/s1. The largest absolute Gasteiger partial charge is 0.375 e. The fraction of sp³-hybridized carbons (Fsp3) is 0.389. The molecule has 2 aromatic rings. The lowest BCUT2D eigenvalue weighted by Crippen LogP contribution is -2.31. The van der Waals surface area contributed by atoms with Gasteiger partial charge < -0.3 is 21.3 Å². The molecule has 1 aliphatic rings. The lowest BCUT2D eigenvalue weighted by molar-refractivity contribution is -0.117. The normalized spacial score (nSPS) is 16.7. The van der Waals surface area contributed by atoms with Crippen LogP contribution in [0.3, 0.4) is 0 Å². The van der Waals surface area contributed by atoms with Crippen molar-refractivity contribution >= 4 is 39.8 Å². The summed E-state index contributed by atoms with van der Waals surface area (Å²) in [5.41, 5.74) is 8.03. The summed E-state index contributed by atoms with van der Waals surface area (Å²) in [6, 6.07) is 7.30. The van der Waals surface area contributed by atoms with Gasteiger partial charge in [-0.05, 0) is 44.4 Å². The number of nitrogens with two attached hydrogens (primary N) is 1. The molecule has 8 heteroatoms. The van der Waals surface area contributed by atoms with Gasteiger partial charge in [-0.15, -0.1) is 11.3 Å². The molecule has 2 heterocycles. The summed E-state index contributed by atoms with van der Waals surface area (Å²) < 4.78 is 0. The Morgan fingerprint density at radius 3 is 3.00 bits per heavy atom. The van der Waals surface area contributed by atoms with Gasteiger partial charge in [0.1, 0.15) is 0 Å². The van der Waals surface area contributed by atoms with Gasteiger partial charge in [-0.25, -0.2) is 9.78 Å². The van der Waals surface area contributed by atoms with Gasteiger partial charge in [0, 0.05) is 35.8 Å². The van der Waals surface area contributed by atoms with E-state index in [1.54, 1.807) is 4.90 Å². The molecular weight excluding hydrogens is 350 g/mol. The molecule has 0 saturated carbocycles. The molecule has 0 radical (unpaired) electrons. The van der Waals surface area contributed by atoms with E-state index in [-0.39, 0.29) is 18.0 Å². The second kappa shape index (κ2) is 8.18. The Bertz CT molecular complexity index is 791. The first-order valence-electron chi connectivity index (χ1n) is 8.70. The maximum absolute atomic E-state index is 12.1. The topological polar surface area (TPSA) is 100 Å². The Morgan fingerprint density at radius 2 is 2.31 bits per heavy atom. The number of aromatic nitrogens is 1. The third-order valence-corrected chi connectivity index (χ3v) is 5.06. The number of hydrogen-bond donors (Lipinski definition) is 3. The molecule has 7 nitrogen and oxygen atoms in total. The highest BCUT2D eigenvalue weighted by atomic mass is 32.1. The van der Waals surface area contributed by atoms with E-state index in [9.17, 15) is 9.59 Å². The van der Waals surface area contributed by atoms with Gasteiger partial charge in [-0.3, -0.25) is 4.79 Å². The molecule has 0 spiro atoms. The van der Waals surface area contributed by atoms with Crippen molar-refractivity contribution in [2.45, 2.75) is 38.6 Å². The molecule has 1 aromatic heterocycles. The Labute approximate surface area is 156 Å². The summed E-state index contributed by atoms with van der Waals surface area (Å²) in [5, 5.41) is 8.14. The Balaban J connectivity index is 1.48. The van der Waals surface area contributed by atoms with Crippen molar-refractivity contribution in [2.24, 2.45) is 0 Å². The molecule has 1 saturated heterocycles. The molecule has 138 valence electrons. The zero-order chi connectivity index (χ0) is 18.5. The van der Waals surface area contributed by atoms with Crippen molar-refractivity contribution < 1.29 is 9.59 Å². The van der Waals surface area contributed by atoms with Gasteiger partial charge in [0.2, 0.25) is 5.91 Å². The fourth-order valence-electron chi connectivity index (χ4n) is 3.04. The lowest BCUT2D eigenvalue weighted by Gasteiger charge is -2.22. The number of anilines is 3. The van der Waals surface area contributed by atoms with Gasteiger partial charge in [0.05, 0.1) is 5.69 Å². The van der Waals surface area contributed by atoms with Crippen LogP contribution in [0.5, 0.6) is 0 Å². The summed E-state index contributed by atoms with van der Waals surface area (Å²) in [7, 11) is 0. The average Bonchev–Trinajstić information content (AvgIpc) is 3.17. The van der Waals surface area contributed by atoms with Gasteiger partial charge in [0.15, 0.2) is 5.13 Å². The number of rotatable bonds is 6. The van der Waals surface area contributed by atoms with Crippen LogP contribution in [-0.2, 0) is 11.2 Å². The predicted octanol–water partition coefficient (Wildman–Crippen LogP) is 2.99. The second-order valence-electron chi connectivity index (χ2n) is 6.36. The molecule has 0 unspecified atom stereocenters. The number of carbonyl (C=O) groups is 2. The van der Waals surface area contributed by atoms with Crippen LogP contribution in [0.2, 0.25) is 0 Å². The number of benzene rings is 1. The number of nitrogen functional groups attached to an aromatic ring is 1. The van der Waals surface area contributed by atoms with Crippen LogP contribution < -0.4 is 21.3 Å². The van der Waals surface area contributed by atoms with Crippen molar-refractivity contribution in [2.75, 3.05) is 22.5 Å². The van der Waals surface area contributed by atoms with E-state index in [1.165, 1.54) is 11.3 Å². The summed E-state index contributed by atoms with van der Waals surface area (Å²) in [6.07, 6.45) is 3.00. The van der Waals surface area contributed by atoms with E-state index in [4.69, 9.17) is 5.73 Å². The fourth-order valence-corrected chi connectivity index (χ4v) is 3.64. The average molecular weight is 373 g/mol. The molecule has 1 atom stereocenters. The molecule has 3 amide bonds. The van der Waals surface area contributed by atoms with Crippen molar-refractivity contribution in [3.63, 3.8) is 0 Å². The monoisotopic (exact) mass is 373 g/mol. The molecule has 1 fully saturated rings. The maximum atomic E-state index is 12.1. The number of amides is 3. The molecule has 26 heavy (non-hydrogen) atoms. The van der Waals surface area contributed by atoms with Crippen LogP contribution in [-0.4, -0.2) is 29.5 Å². The first-order chi connectivity index (χ1) is 12.5. The summed E-state index contributed by atoms with van der Waals surface area (Å²) in [5.74, 6) is 0.127. The number of nitrogens with one attached hydrogen (secondary N) is 2. The van der Waals surface area contributed by atoms with Crippen molar-refractivity contribution in [1.29, 1.82) is 0 Å². The molecule has 3 rings (SSSR count). The van der Waals surface area contributed by atoms with E-state index in [0.717, 1.165) is 30.6 Å². The molecule has 4 N–H and O–H groups in total. The Kier molecular flexibility index (Phi) is 5.72. The third-order valence-electron chi connectivity index (χ3n) is 4.33. The molecule has 1 aromatic carbocycles. The molecule has 1 aliphatic heterocycles. The Hall–Kier alpha value is -2.61. The minimum atomic E-state index is -0.263. The summed E-state index contributed by atoms with van der Waals surface area (Å²) in [6.45, 7) is 2.58. The SMILES string of the molecule is C[C@@H]1CCC(=O)N1c1cccc(NC(=O)NCCCc2csc(N)n2)c1. The van der Waals surface area contributed by atoms with Gasteiger partial charge in [0.25, 0.3) is 0 Å². The smallest absolute Gasteiger partial charge is 0.319 e. The maximum Gasteiger partial charge on any atom is 0.319 e. The molecule has 0 aliphatic carbocycles. The highest BCUT2D eigenvalue weighted by Gasteiger charge is 2.28. The van der Waals surface area contributed by atoms with Crippen molar-refractivity contribution in [3.05, 3.63) is 35.3 Å². The van der Waals surface area contributed by atoms with Gasteiger partial charge in [-0.2, -0.15) is 0 Å². The first kappa shape index (κ1) is 18.2. The minimum Gasteiger partial charge on any atom is -0.375 e. The van der Waals surface area contributed by atoms with Gasteiger partial charge >= 0.3 is 6.03 Å². The number of urea groups is 1. The van der Waals surface area contributed by atoms with Gasteiger partial charge in [-0.1, -0.05) is 6.07 Å². The van der Waals surface area contributed by atoms with Crippen LogP contribution in [0, 0.1) is 0 Å². The zero-order valence-electron chi connectivity index (χ0n) is 14.7.